The second kappa shape index (κ2) is 9.68. The van der Waals surface area contributed by atoms with Crippen LogP contribution in [0.15, 0.2) is 59.5 Å². The van der Waals surface area contributed by atoms with Gasteiger partial charge >= 0.3 is 0 Å². The quantitative estimate of drug-likeness (QED) is 0.361. The molecule has 2 aromatic heterocycles. The van der Waals surface area contributed by atoms with Gasteiger partial charge in [0, 0.05) is 42.7 Å². The van der Waals surface area contributed by atoms with Crippen LogP contribution in [0, 0.1) is 12.7 Å². The minimum atomic E-state index is -0.372. The molecule has 0 atom stereocenters. The smallest absolute Gasteiger partial charge is 0.276 e. The maximum Gasteiger partial charge on any atom is 0.276 e. The van der Waals surface area contributed by atoms with E-state index in [1.807, 2.05) is 18.2 Å². The normalized spacial score (nSPS) is 11.0. The van der Waals surface area contributed by atoms with E-state index >= 15 is 0 Å². The summed E-state index contributed by atoms with van der Waals surface area (Å²) in [6, 6.07) is 14.4. The first-order chi connectivity index (χ1) is 16.0. The van der Waals surface area contributed by atoms with Crippen molar-refractivity contribution < 1.29 is 9.18 Å². The van der Waals surface area contributed by atoms with Gasteiger partial charge in [0.25, 0.3) is 11.5 Å². The van der Waals surface area contributed by atoms with Gasteiger partial charge in [-0.3, -0.25) is 14.7 Å². The fourth-order valence-electron chi connectivity index (χ4n) is 3.83. The van der Waals surface area contributed by atoms with Crippen LogP contribution in [0.25, 0.3) is 5.65 Å². The molecule has 33 heavy (non-hydrogen) atoms. The van der Waals surface area contributed by atoms with Crippen molar-refractivity contribution in [2.45, 2.75) is 26.7 Å². The first-order valence-electron chi connectivity index (χ1n) is 10.9. The van der Waals surface area contributed by atoms with E-state index in [0.29, 0.717) is 29.9 Å². The number of halogens is 1. The van der Waals surface area contributed by atoms with Gasteiger partial charge in [0.05, 0.1) is 0 Å². The number of nitrogens with one attached hydrogen (secondary N) is 3. The molecule has 7 nitrogen and oxygen atoms in total. The Morgan fingerprint density at radius 1 is 1.09 bits per heavy atom. The van der Waals surface area contributed by atoms with Crippen LogP contribution in [0.5, 0.6) is 0 Å². The molecular formula is C25H26FN5O2. The number of fused-ring (bicyclic) bond motifs is 1. The van der Waals surface area contributed by atoms with E-state index in [-0.39, 0.29) is 34.9 Å². The Bertz CT molecular complexity index is 1360. The standard InChI is InChI=1S/C25H26FN5O2/c1-3-17-8-5-7-11-22(17)27-12-13-28-24(32)20-15-29-31-23(20)30-16(2)19(25(31)33)14-18-9-4-6-10-21(18)26/h4-11,15,27,29H,3,12-14H2,1-2H3,(H,28,32). The SMILES string of the molecule is CCc1ccccc1NCCNC(=O)c1c[nH]n2c(=O)c(Cc3ccccc3F)c(C)nc12. The van der Waals surface area contributed by atoms with Crippen LogP contribution < -0.4 is 16.2 Å². The molecule has 0 saturated heterocycles. The number of aromatic amines is 1. The monoisotopic (exact) mass is 447 g/mol. The number of anilines is 1. The van der Waals surface area contributed by atoms with Gasteiger partial charge in [-0.1, -0.05) is 43.3 Å². The minimum absolute atomic E-state index is 0.124. The Labute approximate surface area is 190 Å². The van der Waals surface area contributed by atoms with Crippen LogP contribution in [-0.2, 0) is 12.8 Å². The van der Waals surface area contributed by atoms with Crippen LogP contribution in [-0.4, -0.2) is 33.6 Å². The Balaban J connectivity index is 1.48. The zero-order valence-electron chi connectivity index (χ0n) is 18.6. The third-order valence-electron chi connectivity index (χ3n) is 5.66. The molecule has 4 aromatic rings. The summed E-state index contributed by atoms with van der Waals surface area (Å²) < 4.78 is 15.3. The van der Waals surface area contributed by atoms with Crippen LogP contribution >= 0.6 is 0 Å². The highest BCUT2D eigenvalue weighted by atomic mass is 19.1. The molecule has 170 valence electrons. The molecule has 0 spiro atoms. The van der Waals surface area contributed by atoms with Crippen molar-refractivity contribution in [3.63, 3.8) is 0 Å². The van der Waals surface area contributed by atoms with Crippen molar-refractivity contribution in [2.24, 2.45) is 0 Å². The molecule has 0 saturated carbocycles. The van der Waals surface area contributed by atoms with Crippen molar-refractivity contribution >= 4 is 17.2 Å². The van der Waals surface area contributed by atoms with Crippen LogP contribution in [0.2, 0.25) is 0 Å². The van der Waals surface area contributed by atoms with E-state index in [9.17, 15) is 14.0 Å². The zero-order chi connectivity index (χ0) is 23.4. The minimum Gasteiger partial charge on any atom is -0.383 e. The Morgan fingerprint density at radius 3 is 2.58 bits per heavy atom. The number of amides is 1. The molecule has 0 bridgehead atoms. The van der Waals surface area contributed by atoms with E-state index in [1.54, 1.807) is 25.1 Å². The van der Waals surface area contributed by atoms with Crippen LogP contribution in [0.1, 0.15) is 39.7 Å². The summed E-state index contributed by atoms with van der Waals surface area (Å²) in [5, 5.41) is 9.00. The van der Waals surface area contributed by atoms with Gasteiger partial charge in [-0.15, -0.1) is 0 Å². The average Bonchev–Trinajstić information content (AvgIpc) is 3.24. The van der Waals surface area contributed by atoms with Gasteiger partial charge in [-0.05, 0) is 36.6 Å². The first kappa shape index (κ1) is 22.3. The fraction of sp³-hybridized carbons (Fsp3) is 0.240. The lowest BCUT2D eigenvalue weighted by Gasteiger charge is -2.11. The average molecular weight is 448 g/mol. The van der Waals surface area contributed by atoms with Crippen molar-refractivity contribution in [1.82, 2.24) is 19.9 Å². The summed E-state index contributed by atoms with van der Waals surface area (Å²) >= 11 is 0. The second-order valence-electron chi connectivity index (χ2n) is 7.79. The lowest BCUT2D eigenvalue weighted by molar-refractivity contribution is 0.0956. The molecule has 2 aromatic carbocycles. The van der Waals surface area contributed by atoms with Gasteiger partial charge in [-0.25, -0.2) is 13.9 Å². The molecule has 0 aliphatic heterocycles. The number of para-hydroxylation sites is 1. The molecule has 4 rings (SSSR count). The first-order valence-corrected chi connectivity index (χ1v) is 10.9. The number of carbonyl (C=O) groups is 1. The number of carbonyl (C=O) groups excluding carboxylic acids is 1. The Kier molecular flexibility index (Phi) is 6.53. The van der Waals surface area contributed by atoms with Gasteiger partial charge < -0.3 is 10.6 Å². The fourth-order valence-corrected chi connectivity index (χ4v) is 3.83. The third-order valence-corrected chi connectivity index (χ3v) is 5.66. The van der Waals surface area contributed by atoms with E-state index in [0.717, 1.165) is 12.1 Å². The summed E-state index contributed by atoms with van der Waals surface area (Å²) in [7, 11) is 0. The molecular weight excluding hydrogens is 421 g/mol. The van der Waals surface area contributed by atoms with Crippen LogP contribution in [0.4, 0.5) is 10.1 Å². The van der Waals surface area contributed by atoms with Crippen molar-refractivity contribution in [3.8, 4) is 0 Å². The second-order valence-corrected chi connectivity index (χ2v) is 7.79. The number of rotatable bonds is 8. The molecule has 3 N–H and O–H groups in total. The maximum atomic E-state index is 14.1. The third kappa shape index (κ3) is 4.64. The summed E-state index contributed by atoms with van der Waals surface area (Å²) in [6.07, 6.45) is 2.51. The molecule has 1 amide bonds. The van der Waals surface area contributed by atoms with Gasteiger partial charge in [0.2, 0.25) is 0 Å². The molecule has 0 fully saturated rings. The number of H-pyrrole nitrogens is 1. The highest BCUT2D eigenvalue weighted by Gasteiger charge is 2.18. The number of nitrogens with zero attached hydrogens (tertiary/aromatic N) is 2. The van der Waals surface area contributed by atoms with Crippen molar-refractivity contribution in [3.05, 3.63) is 98.8 Å². The Hall–Kier alpha value is -3.94. The Morgan fingerprint density at radius 2 is 1.82 bits per heavy atom. The van der Waals surface area contributed by atoms with Gasteiger partial charge in [0.15, 0.2) is 5.65 Å². The number of hydrogen-bond acceptors (Lipinski definition) is 4. The summed E-state index contributed by atoms with van der Waals surface area (Å²) in [5.41, 5.74) is 3.70. The lowest BCUT2D eigenvalue weighted by Crippen LogP contribution is -2.29. The van der Waals surface area contributed by atoms with Gasteiger partial charge in [-0.2, -0.15) is 0 Å². The number of hydrogen-bond donors (Lipinski definition) is 3. The topological polar surface area (TPSA) is 91.3 Å². The number of aryl methyl sites for hydroxylation is 2. The lowest BCUT2D eigenvalue weighted by atomic mass is 10.0. The van der Waals surface area contributed by atoms with E-state index in [2.05, 4.69) is 33.7 Å². The van der Waals surface area contributed by atoms with Gasteiger partial charge in [0.1, 0.15) is 11.4 Å². The van der Waals surface area contributed by atoms with E-state index in [1.165, 1.54) is 22.3 Å². The zero-order valence-corrected chi connectivity index (χ0v) is 18.6. The maximum absolute atomic E-state index is 14.1. The predicted molar refractivity (Wildman–Crippen MR) is 126 cm³/mol. The largest absolute Gasteiger partial charge is 0.383 e. The van der Waals surface area contributed by atoms with E-state index in [4.69, 9.17) is 0 Å². The molecule has 0 unspecified atom stereocenters. The summed E-state index contributed by atoms with van der Waals surface area (Å²) in [6.45, 7) is 4.76. The van der Waals surface area contributed by atoms with Crippen LogP contribution in [0.3, 0.4) is 0 Å². The molecule has 0 aliphatic rings. The molecule has 0 aliphatic carbocycles. The predicted octanol–water partition coefficient (Wildman–Crippen LogP) is 3.47. The number of benzene rings is 2. The highest BCUT2D eigenvalue weighted by molar-refractivity contribution is 5.99. The molecule has 2 heterocycles. The van der Waals surface area contributed by atoms with Crippen molar-refractivity contribution in [1.29, 1.82) is 0 Å². The van der Waals surface area contributed by atoms with E-state index < -0.39 is 0 Å². The molecule has 0 radical (unpaired) electrons. The number of aromatic nitrogens is 3. The highest BCUT2D eigenvalue weighted by Crippen LogP contribution is 2.16. The summed E-state index contributed by atoms with van der Waals surface area (Å²) in [5.74, 6) is -0.699. The molecule has 8 heteroatoms. The van der Waals surface area contributed by atoms with Crippen molar-refractivity contribution in [2.75, 3.05) is 18.4 Å². The summed E-state index contributed by atoms with van der Waals surface area (Å²) in [4.78, 5) is 30.2.